The molecular formula is C18H31NO. The Kier molecular flexibility index (Phi) is 6.70. The van der Waals surface area contributed by atoms with Gasteiger partial charge in [-0.2, -0.15) is 0 Å². The summed E-state index contributed by atoms with van der Waals surface area (Å²) in [5.74, 6) is 0. The van der Waals surface area contributed by atoms with Gasteiger partial charge in [0, 0.05) is 13.2 Å². The van der Waals surface area contributed by atoms with Crippen molar-refractivity contribution >= 4 is 0 Å². The summed E-state index contributed by atoms with van der Waals surface area (Å²) >= 11 is 0. The third kappa shape index (κ3) is 5.26. The Balaban J connectivity index is 2.88. The van der Waals surface area contributed by atoms with Crippen LogP contribution in [0.2, 0.25) is 0 Å². The minimum absolute atomic E-state index is 0.129. The van der Waals surface area contributed by atoms with Gasteiger partial charge in [0.15, 0.2) is 0 Å². The summed E-state index contributed by atoms with van der Waals surface area (Å²) in [4.78, 5) is 0. The van der Waals surface area contributed by atoms with Crippen LogP contribution in [0.5, 0.6) is 0 Å². The van der Waals surface area contributed by atoms with Crippen LogP contribution in [0.25, 0.3) is 0 Å². The predicted octanol–water partition coefficient (Wildman–Crippen LogP) is 3.97. The summed E-state index contributed by atoms with van der Waals surface area (Å²) in [6.45, 7) is 12.1. The number of ether oxygens (including phenoxy) is 1. The van der Waals surface area contributed by atoms with E-state index in [9.17, 15) is 0 Å². The molecule has 2 heteroatoms. The Labute approximate surface area is 124 Å². The van der Waals surface area contributed by atoms with Gasteiger partial charge in [-0.3, -0.25) is 0 Å². The number of nitrogens with one attached hydrogen (secondary N) is 1. The molecule has 0 aliphatic carbocycles. The Hall–Kier alpha value is -0.860. The van der Waals surface area contributed by atoms with Crippen LogP contribution < -0.4 is 5.32 Å². The first-order valence-electron chi connectivity index (χ1n) is 7.70. The second-order valence-electron chi connectivity index (χ2n) is 6.78. The first-order chi connectivity index (χ1) is 9.38. The molecule has 1 aromatic carbocycles. The Morgan fingerprint density at radius 3 is 2.45 bits per heavy atom. The van der Waals surface area contributed by atoms with Crippen LogP contribution in [0.4, 0.5) is 0 Å². The minimum atomic E-state index is 0.129. The lowest BCUT2D eigenvalue weighted by Crippen LogP contribution is -2.49. The van der Waals surface area contributed by atoms with Crippen LogP contribution in [0, 0.1) is 12.3 Å². The molecule has 0 fully saturated rings. The van der Waals surface area contributed by atoms with Gasteiger partial charge in [0.2, 0.25) is 0 Å². The highest BCUT2D eigenvalue weighted by Gasteiger charge is 2.32. The van der Waals surface area contributed by atoms with Crippen molar-refractivity contribution in [3.8, 4) is 0 Å². The third-order valence-electron chi connectivity index (χ3n) is 3.67. The fourth-order valence-corrected chi connectivity index (χ4v) is 2.83. The van der Waals surface area contributed by atoms with Crippen LogP contribution in [0.15, 0.2) is 24.3 Å². The molecule has 0 saturated carbocycles. The maximum atomic E-state index is 5.81. The topological polar surface area (TPSA) is 21.3 Å². The van der Waals surface area contributed by atoms with E-state index < -0.39 is 0 Å². The van der Waals surface area contributed by atoms with E-state index in [1.807, 2.05) is 7.11 Å². The van der Waals surface area contributed by atoms with Crippen molar-refractivity contribution in [3.05, 3.63) is 35.4 Å². The summed E-state index contributed by atoms with van der Waals surface area (Å²) in [5.41, 5.74) is 2.83. The lowest BCUT2D eigenvalue weighted by atomic mass is 9.82. The van der Waals surface area contributed by atoms with E-state index in [1.54, 1.807) is 0 Å². The molecule has 0 aliphatic heterocycles. The molecule has 0 radical (unpaired) electrons. The number of hydrogen-bond acceptors (Lipinski definition) is 2. The van der Waals surface area contributed by atoms with Gasteiger partial charge in [0.25, 0.3) is 0 Å². The standard InChI is InChI=1S/C18H31NO/c1-7-11-19-16(17(20-6)18(3,4)5)13-15-10-8-9-14(2)12-15/h8-10,12,16-17,19H,7,11,13H2,1-6H3. The van der Waals surface area contributed by atoms with Crippen molar-refractivity contribution in [2.75, 3.05) is 13.7 Å². The average Bonchev–Trinajstić information content (AvgIpc) is 2.35. The molecule has 0 bridgehead atoms. The molecule has 0 heterocycles. The molecule has 2 nitrogen and oxygen atoms in total. The maximum Gasteiger partial charge on any atom is 0.0775 e. The maximum absolute atomic E-state index is 5.81. The molecule has 0 saturated heterocycles. The molecular weight excluding hydrogens is 246 g/mol. The lowest BCUT2D eigenvalue weighted by molar-refractivity contribution is -0.0109. The van der Waals surface area contributed by atoms with E-state index in [0.717, 1.165) is 19.4 Å². The number of methoxy groups -OCH3 is 1. The Morgan fingerprint density at radius 1 is 1.25 bits per heavy atom. The summed E-state index contributed by atoms with van der Waals surface area (Å²) < 4.78 is 5.81. The average molecular weight is 277 g/mol. The van der Waals surface area contributed by atoms with Crippen LogP contribution in [0.1, 0.15) is 45.2 Å². The van der Waals surface area contributed by atoms with E-state index in [-0.39, 0.29) is 11.5 Å². The summed E-state index contributed by atoms with van der Waals surface area (Å²) in [5, 5.41) is 3.67. The molecule has 0 aliphatic rings. The highest BCUT2D eigenvalue weighted by atomic mass is 16.5. The van der Waals surface area contributed by atoms with E-state index >= 15 is 0 Å². The molecule has 1 N–H and O–H groups in total. The first-order valence-corrected chi connectivity index (χ1v) is 7.70. The van der Waals surface area contributed by atoms with Crippen LogP contribution in [0.3, 0.4) is 0 Å². The van der Waals surface area contributed by atoms with Gasteiger partial charge in [0.1, 0.15) is 0 Å². The van der Waals surface area contributed by atoms with Gasteiger partial charge in [0.05, 0.1) is 6.10 Å². The van der Waals surface area contributed by atoms with Crippen molar-refractivity contribution in [1.82, 2.24) is 5.32 Å². The number of rotatable bonds is 7. The molecule has 0 spiro atoms. The van der Waals surface area contributed by atoms with Crippen molar-refractivity contribution in [1.29, 1.82) is 0 Å². The zero-order valence-electron chi connectivity index (χ0n) is 14.0. The second kappa shape index (κ2) is 7.80. The lowest BCUT2D eigenvalue weighted by Gasteiger charge is -2.36. The zero-order chi connectivity index (χ0) is 15.2. The number of aryl methyl sites for hydroxylation is 1. The van der Waals surface area contributed by atoms with Crippen LogP contribution in [-0.2, 0) is 11.2 Å². The fraction of sp³-hybridized carbons (Fsp3) is 0.667. The zero-order valence-corrected chi connectivity index (χ0v) is 14.0. The van der Waals surface area contributed by atoms with E-state index in [4.69, 9.17) is 4.74 Å². The van der Waals surface area contributed by atoms with E-state index in [2.05, 4.69) is 64.2 Å². The monoisotopic (exact) mass is 277 g/mol. The molecule has 20 heavy (non-hydrogen) atoms. The molecule has 2 unspecified atom stereocenters. The van der Waals surface area contributed by atoms with Crippen molar-refractivity contribution in [2.24, 2.45) is 5.41 Å². The Morgan fingerprint density at radius 2 is 1.95 bits per heavy atom. The van der Waals surface area contributed by atoms with Crippen LogP contribution in [-0.4, -0.2) is 25.8 Å². The molecule has 114 valence electrons. The molecule has 0 aromatic heterocycles. The van der Waals surface area contributed by atoms with Gasteiger partial charge in [-0.05, 0) is 37.3 Å². The summed E-state index contributed by atoms with van der Waals surface area (Å²) in [6, 6.07) is 9.12. The van der Waals surface area contributed by atoms with Gasteiger partial charge in [-0.1, -0.05) is 57.5 Å². The molecule has 1 rings (SSSR count). The second-order valence-corrected chi connectivity index (χ2v) is 6.78. The quantitative estimate of drug-likeness (QED) is 0.814. The molecule has 1 aromatic rings. The smallest absolute Gasteiger partial charge is 0.0775 e. The van der Waals surface area contributed by atoms with E-state index in [1.165, 1.54) is 11.1 Å². The first kappa shape index (κ1) is 17.2. The van der Waals surface area contributed by atoms with Crippen molar-refractivity contribution < 1.29 is 4.74 Å². The van der Waals surface area contributed by atoms with Crippen molar-refractivity contribution in [3.63, 3.8) is 0 Å². The largest absolute Gasteiger partial charge is 0.379 e. The third-order valence-corrected chi connectivity index (χ3v) is 3.67. The van der Waals surface area contributed by atoms with Gasteiger partial charge >= 0.3 is 0 Å². The van der Waals surface area contributed by atoms with Gasteiger partial charge in [-0.25, -0.2) is 0 Å². The van der Waals surface area contributed by atoms with Crippen molar-refractivity contribution in [2.45, 2.75) is 59.6 Å². The summed E-state index contributed by atoms with van der Waals surface area (Å²) in [7, 11) is 1.83. The molecule has 2 atom stereocenters. The highest BCUT2D eigenvalue weighted by molar-refractivity contribution is 5.23. The number of hydrogen-bond donors (Lipinski definition) is 1. The Bertz CT molecular complexity index is 395. The highest BCUT2D eigenvalue weighted by Crippen LogP contribution is 2.26. The van der Waals surface area contributed by atoms with Crippen LogP contribution >= 0.6 is 0 Å². The normalized spacial score (nSPS) is 15.1. The molecule has 0 amide bonds. The van der Waals surface area contributed by atoms with Gasteiger partial charge in [-0.15, -0.1) is 0 Å². The summed E-state index contributed by atoms with van der Waals surface area (Å²) in [6.07, 6.45) is 2.36. The minimum Gasteiger partial charge on any atom is -0.379 e. The number of benzene rings is 1. The predicted molar refractivity (Wildman–Crippen MR) is 87.2 cm³/mol. The van der Waals surface area contributed by atoms with E-state index in [0.29, 0.717) is 6.04 Å². The van der Waals surface area contributed by atoms with Gasteiger partial charge < -0.3 is 10.1 Å². The SMILES string of the molecule is CCCNC(Cc1cccc(C)c1)C(OC)C(C)(C)C. The fourth-order valence-electron chi connectivity index (χ4n) is 2.83.